The number of alkyl halides is 2. The van der Waals surface area contributed by atoms with Crippen LogP contribution < -0.4 is 9.47 Å². The van der Waals surface area contributed by atoms with Crippen LogP contribution in [0.15, 0.2) is 42.5 Å². The number of esters is 1. The second kappa shape index (κ2) is 6.82. The van der Waals surface area contributed by atoms with Crippen LogP contribution in [0.25, 0.3) is 0 Å². The molecule has 0 saturated heterocycles. The van der Waals surface area contributed by atoms with Crippen molar-refractivity contribution in [2.24, 2.45) is 0 Å². The second-order valence-electron chi connectivity index (χ2n) is 4.47. The minimum atomic E-state index is -3.08. The number of para-hydroxylation sites is 1. The highest BCUT2D eigenvalue weighted by atomic mass is 19.3. The molecular formula is C15H11F2NO5. The van der Waals surface area contributed by atoms with E-state index in [1.165, 1.54) is 49.4 Å². The minimum absolute atomic E-state index is 0.0601. The van der Waals surface area contributed by atoms with Crippen molar-refractivity contribution in [3.8, 4) is 11.5 Å². The average Bonchev–Trinajstić information content (AvgIpc) is 2.46. The van der Waals surface area contributed by atoms with Gasteiger partial charge < -0.3 is 9.47 Å². The average molecular weight is 323 g/mol. The summed E-state index contributed by atoms with van der Waals surface area (Å²) in [7, 11) is 0. The van der Waals surface area contributed by atoms with Crippen LogP contribution in [0.4, 0.5) is 14.5 Å². The van der Waals surface area contributed by atoms with Crippen molar-refractivity contribution in [2.45, 2.75) is 13.5 Å². The van der Waals surface area contributed by atoms with Crippen LogP contribution in [0.1, 0.15) is 15.9 Å². The lowest BCUT2D eigenvalue weighted by molar-refractivity contribution is -0.385. The third-order valence-electron chi connectivity index (χ3n) is 2.90. The highest BCUT2D eigenvalue weighted by Crippen LogP contribution is 2.26. The first kappa shape index (κ1) is 16.3. The van der Waals surface area contributed by atoms with Crippen LogP contribution in [0.2, 0.25) is 0 Å². The molecule has 2 aromatic carbocycles. The van der Waals surface area contributed by atoms with Gasteiger partial charge >= 0.3 is 12.6 Å². The van der Waals surface area contributed by atoms with Gasteiger partial charge in [0.15, 0.2) is 0 Å². The van der Waals surface area contributed by atoms with Crippen LogP contribution >= 0.6 is 0 Å². The lowest BCUT2D eigenvalue weighted by Crippen LogP contribution is -2.12. The number of halogens is 2. The summed E-state index contributed by atoms with van der Waals surface area (Å²) in [5, 5.41) is 10.7. The Morgan fingerprint density at radius 2 is 1.91 bits per heavy atom. The van der Waals surface area contributed by atoms with E-state index in [0.717, 1.165) is 0 Å². The number of hydrogen-bond acceptors (Lipinski definition) is 5. The standard InChI is InChI=1S/C15H11F2NO5/c1-9-8-10(6-7-12(9)18(20)21)22-14(19)11-4-2-3-5-13(11)23-15(16)17/h2-8,15H,1H3. The number of nitrogens with zero attached hydrogens (tertiary/aromatic N) is 1. The first-order valence-electron chi connectivity index (χ1n) is 6.39. The molecule has 8 heteroatoms. The molecule has 0 N–H and O–H groups in total. The van der Waals surface area contributed by atoms with E-state index in [1.807, 2.05) is 0 Å². The number of nitro groups is 1. The topological polar surface area (TPSA) is 78.7 Å². The third kappa shape index (κ3) is 4.00. The third-order valence-corrected chi connectivity index (χ3v) is 2.90. The quantitative estimate of drug-likeness (QED) is 0.362. The number of nitro benzene ring substituents is 1. The molecule has 0 amide bonds. The fourth-order valence-corrected chi connectivity index (χ4v) is 1.89. The van der Waals surface area contributed by atoms with Crippen molar-refractivity contribution in [1.29, 1.82) is 0 Å². The van der Waals surface area contributed by atoms with Crippen molar-refractivity contribution in [1.82, 2.24) is 0 Å². The molecule has 0 bridgehead atoms. The van der Waals surface area contributed by atoms with Crippen LogP contribution in [0.3, 0.4) is 0 Å². The van der Waals surface area contributed by atoms with E-state index in [4.69, 9.17) is 4.74 Å². The highest BCUT2D eigenvalue weighted by molar-refractivity contribution is 5.94. The Morgan fingerprint density at radius 1 is 1.22 bits per heavy atom. The maximum atomic E-state index is 12.3. The van der Waals surface area contributed by atoms with Gasteiger partial charge in [0, 0.05) is 11.6 Å². The van der Waals surface area contributed by atoms with E-state index in [1.54, 1.807) is 0 Å². The van der Waals surface area contributed by atoms with E-state index in [-0.39, 0.29) is 22.7 Å². The lowest BCUT2D eigenvalue weighted by atomic mass is 10.2. The summed E-state index contributed by atoms with van der Waals surface area (Å²) in [6, 6.07) is 9.15. The van der Waals surface area contributed by atoms with Crippen LogP contribution in [-0.2, 0) is 0 Å². The van der Waals surface area contributed by atoms with E-state index >= 15 is 0 Å². The molecule has 0 fully saturated rings. The number of hydrogen-bond donors (Lipinski definition) is 0. The number of aryl methyl sites for hydroxylation is 1. The first-order valence-corrected chi connectivity index (χ1v) is 6.39. The Hall–Kier alpha value is -3.03. The van der Waals surface area contributed by atoms with Crippen LogP contribution in [0.5, 0.6) is 11.5 Å². The molecule has 0 saturated carbocycles. The van der Waals surface area contributed by atoms with Gasteiger partial charge in [0.2, 0.25) is 0 Å². The van der Waals surface area contributed by atoms with Crippen LogP contribution in [0, 0.1) is 17.0 Å². The largest absolute Gasteiger partial charge is 0.434 e. The molecular weight excluding hydrogens is 312 g/mol. The summed E-state index contributed by atoms with van der Waals surface area (Å²) in [6.07, 6.45) is 0. The summed E-state index contributed by atoms with van der Waals surface area (Å²) >= 11 is 0. The Balaban J connectivity index is 2.23. The Morgan fingerprint density at radius 3 is 2.52 bits per heavy atom. The van der Waals surface area contributed by atoms with Crippen molar-refractivity contribution < 1.29 is 28.0 Å². The number of benzene rings is 2. The number of carbonyl (C=O) groups is 1. The normalized spacial score (nSPS) is 10.4. The maximum absolute atomic E-state index is 12.3. The molecule has 6 nitrogen and oxygen atoms in total. The molecule has 0 heterocycles. The summed E-state index contributed by atoms with van der Waals surface area (Å²) in [5.74, 6) is -1.16. The fourth-order valence-electron chi connectivity index (χ4n) is 1.89. The number of carbonyl (C=O) groups excluding carboxylic acids is 1. The zero-order chi connectivity index (χ0) is 17.0. The molecule has 2 rings (SSSR count). The van der Waals surface area contributed by atoms with E-state index in [2.05, 4.69) is 4.74 Å². The Labute approximate surface area is 129 Å². The van der Waals surface area contributed by atoms with E-state index < -0.39 is 17.5 Å². The van der Waals surface area contributed by atoms with Gasteiger partial charge in [-0.05, 0) is 31.2 Å². The van der Waals surface area contributed by atoms with Crippen molar-refractivity contribution in [3.63, 3.8) is 0 Å². The molecule has 0 aliphatic carbocycles. The van der Waals surface area contributed by atoms with Gasteiger partial charge in [-0.1, -0.05) is 12.1 Å². The SMILES string of the molecule is Cc1cc(OC(=O)c2ccccc2OC(F)F)ccc1[N+](=O)[O-]. The molecule has 0 atom stereocenters. The highest BCUT2D eigenvalue weighted by Gasteiger charge is 2.18. The van der Waals surface area contributed by atoms with Crippen LogP contribution in [-0.4, -0.2) is 17.5 Å². The molecule has 23 heavy (non-hydrogen) atoms. The van der Waals surface area contributed by atoms with Gasteiger partial charge in [-0.15, -0.1) is 0 Å². The zero-order valence-electron chi connectivity index (χ0n) is 11.9. The van der Waals surface area contributed by atoms with Gasteiger partial charge in [0.25, 0.3) is 5.69 Å². The lowest BCUT2D eigenvalue weighted by Gasteiger charge is -2.10. The number of rotatable bonds is 5. The summed E-state index contributed by atoms with van der Waals surface area (Å²) < 4.78 is 34.0. The van der Waals surface area contributed by atoms with E-state index in [0.29, 0.717) is 5.56 Å². The summed E-state index contributed by atoms with van der Waals surface area (Å²) in [4.78, 5) is 22.2. The van der Waals surface area contributed by atoms with Gasteiger partial charge in [-0.3, -0.25) is 10.1 Å². The summed E-state index contributed by atoms with van der Waals surface area (Å²) in [5.41, 5.74) is 0.00690. The first-order chi connectivity index (χ1) is 10.9. The second-order valence-corrected chi connectivity index (χ2v) is 4.47. The van der Waals surface area contributed by atoms with Crippen molar-refractivity contribution in [2.75, 3.05) is 0 Å². The van der Waals surface area contributed by atoms with Gasteiger partial charge in [0.05, 0.1) is 4.92 Å². The maximum Gasteiger partial charge on any atom is 0.387 e. The molecule has 2 aromatic rings. The molecule has 0 spiro atoms. The Kier molecular flexibility index (Phi) is 4.85. The molecule has 0 aliphatic heterocycles. The minimum Gasteiger partial charge on any atom is -0.434 e. The van der Waals surface area contributed by atoms with Gasteiger partial charge in [-0.25, -0.2) is 4.79 Å². The molecule has 0 aromatic heterocycles. The zero-order valence-corrected chi connectivity index (χ0v) is 11.9. The van der Waals surface area contributed by atoms with Gasteiger partial charge in [-0.2, -0.15) is 8.78 Å². The molecule has 0 aliphatic rings. The van der Waals surface area contributed by atoms with E-state index in [9.17, 15) is 23.7 Å². The van der Waals surface area contributed by atoms with Gasteiger partial charge in [0.1, 0.15) is 17.1 Å². The predicted octanol–water partition coefficient (Wildman–Crippen LogP) is 3.72. The molecule has 0 unspecified atom stereocenters. The van der Waals surface area contributed by atoms with Crippen molar-refractivity contribution in [3.05, 3.63) is 63.7 Å². The monoisotopic (exact) mass is 323 g/mol. The molecule has 120 valence electrons. The fraction of sp³-hybridized carbons (Fsp3) is 0.133. The number of ether oxygens (including phenoxy) is 2. The predicted molar refractivity (Wildman–Crippen MR) is 75.9 cm³/mol. The smallest absolute Gasteiger partial charge is 0.387 e. The molecule has 0 radical (unpaired) electrons. The Bertz CT molecular complexity index is 748. The van der Waals surface area contributed by atoms with Crippen molar-refractivity contribution >= 4 is 11.7 Å². The summed E-state index contributed by atoms with van der Waals surface area (Å²) in [6.45, 7) is -1.59.